The summed E-state index contributed by atoms with van der Waals surface area (Å²) in [5.41, 5.74) is 1.25. The molecule has 90 valence electrons. The highest BCUT2D eigenvalue weighted by molar-refractivity contribution is 14.1. The maximum atomic E-state index is 3.62. The Bertz CT molecular complexity index is 294. The van der Waals surface area contributed by atoms with Gasteiger partial charge in [-0.15, -0.1) is 0 Å². The first-order valence-corrected chi connectivity index (χ1v) is 7.25. The lowest BCUT2D eigenvalue weighted by molar-refractivity contribution is 0.462. The van der Waals surface area contributed by atoms with E-state index in [0.29, 0.717) is 6.04 Å². The zero-order chi connectivity index (χ0) is 12.0. The Morgan fingerprint density at radius 1 is 1.12 bits per heavy atom. The Labute approximate surface area is 113 Å². The first-order chi connectivity index (χ1) is 7.65. The number of nitrogens with one attached hydrogen (secondary N) is 1. The number of anilines is 1. The van der Waals surface area contributed by atoms with Gasteiger partial charge < -0.3 is 5.32 Å². The molecular formula is C14H22IN. The summed E-state index contributed by atoms with van der Waals surface area (Å²) in [6.45, 7) is 6.85. The number of hydrogen-bond donors (Lipinski definition) is 1. The van der Waals surface area contributed by atoms with Crippen LogP contribution in [0.15, 0.2) is 24.3 Å². The van der Waals surface area contributed by atoms with E-state index in [-0.39, 0.29) is 0 Å². The van der Waals surface area contributed by atoms with Gasteiger partial charge in [0.2, 0.25) is 0 Å². The fraction of sp³-hybridized carbons (Fsp3) is 0.571. The van der Waals surface area contributed by atoms with Crippen molar-refractivity contribution in [3.05, 3.63) is 27.8 Å². The monoisotopic (exact) mass is 331 g/mol. The lowest BCUT2D eigenvalue weighted by Crippen LogP contribution is -2.21. The molecular weight excluding hydrogens is 309 g/mol. The summed E-state index contributed by atoms with van der Waals surface area (Å²) in [5.74, 6) is 0.807. The van der Waals surface area contributed by atoms with Crippen LogP contribution in [-0.4, -0.2) is 6.04 Å². The Kier molecular flexibility index (Phi) is 6.17. The summed E-state index contributed by atoms with van der Waals surface area (Å²) < 4.78 is 1.29. The van der Waals surface area contributed by atoms with Crippen LogP contribution in [0.4, 0.5) is 5.69 Å². The van der Waals surface area contributed by atoms with Crippen molar-refractivity contribution in [3.8, 4) is 0 Å². The SMILES string of the molecule is CCC(C)CC(CC)Nc1ccc(I)cc1. The number of benzene rings is 1. The van der Waals surface area contributed by atoms with Gasteiger partial charge in [0.25, 0.3) is 0 Å². The van der Waals surface area contributed by atoms with E-state index in [1.54, 1.807) is 0 Å². The van der Waals surface area contributed by atoms with Gasteiger partial charge in [0.1, 0.15) is 0 Å². The highest BCUT2D eigenvalue weighted by Gasteiger charge is 2.09. The third-order valence-corrected chi connectivity index (χ3v) is 3.81. The molecule has 0 aliphatic carbocycles. The van der Waals surface area contributed by atoms with Crippen molar-refractivity contribution in [3.63, 3.8) is 0 Å². The average molecular weight is 331 g/mol. The van der Waals surface area contributed by atoms with E-state index in [0.717, 1.165) is 5.92 Å². The second-order valence-corrected chi connectivity index (χ2v) is 5.75. The quantitative estimate of drug-likeness (QED) is 0.730. The van der Waals surface area contributed by atoms with Gasteiger partial charge in [0.05, 0.1) is 0 Å². The van der Waals surface area contributed by atoms with Crippen molar-refractivity contribution < 1.29 is 0 Å². The van der Waals surface area contributed by atoms with Gasteiger partial charge in [-0.1, -0.05) is 27.2 Å². The minimum atomic E-state index is 0.606. The molecule has 0 bridgehead atoms. The van der Waals surface area contributed by atoms with E-state index in [2.05, 4.69) is 72.9 Å². The first kappa shape index (κ1) is 13.8. The average Bonchev–Trinajstić information content (AvgIpc) is 2.30. The second-order valence-electron chi connectivity index (χ2n) is 4.51. The van der Waals surface area contributed by atoms with E-state index < -0.39 is 0 Å². The Balaban J connectivity index is 2.52. The van der Waals surface area contributed by atoms with Gasteiger partial charge in [-0.05, 0) is 65.6 Å². The molecule has 0 radical (unpaired) electrons. The summed E-state index contributed by atoms with van der Waals surface area (Å²) in [6, 6.07) is 9.25. The third-order valence-electron chi connectivity index (χ3n) is 3.09. The molecule has 0 spiro atoms. The highest BCUT2D eigenvalue weighted by Crippen LogP contribution is 2.18. The standard InChI is InChI=1S/C14H22IN/c1-4-11(3)10-13(5-2)16-14-8-6-12(15)7-9-14/h6-9,11,13,16H,4-5,10H2,1-3H3. The van der Waals surface area contributed by atoms with Crippen LogP contribution in [-0.2, 0) is 0 Å². The molecule has 2 heteroatoms. The zero-order valence-corrected chi connectivity index (χ0v) is 12.6. The molecule has 0 aliphatic heterocycles. The molecule has 1 rings (SSSR count). The van der Waals surface area contributed by atoms with Gasteiger partial charge in [-0.3, -0.25) is 0 Å². The molecule has 16 heavy (non-hydrogen) atoms. The van der Waals surface area contributed by atoms with Gasteiger partial charge in [-0.25, -0.2) is 0 Å². The number of hydrogen-bond acceptors (Lipinski definition) is 1. The maximum Gasteiger partial charge on any atom is 0.0343 e. The summed E-state index contributed by atoms with van der Waals surface area (Å²) >= 11 is 2.34. The van der Waals surface area contributed by atoms with Crippen LogP contribution in [0.1, 0.15) is 40.0 Å². The number of halogens is 1. The van der Waals surface area contributed by atoms with Crippen molar-refractivity contribution >= 4 is 28.3 Å². The van der Waals surface area contributed by atoms with Gasteiger partial charge in [0, 0.05) is 15.3 Å². The van der Waals surface area contributed by atoms with E-state index in [9.17, 15) is 0 Å². The van der Waals surface area contributed by atoms with Crippen LogP contribution >= 0.6 is 22.6 Å². The molecule has 1 N–H and O–H groups in total. The molecule has 0 aromatic heterocycles. The fourth-order valence-electron chi connectivity index (χ4n) is 1.76. The summed E-state index contributed by atoms with van der Waals surface area (Å²) in [7, 11) is 0. The molecule has 0 saturated carbocycles. The lowest BCUT2D eigenvalue weighted by Gasteiger charge is -2.21. The molecule has 2 unspecified atom stereocenters. The van der Waals surface area contributed by atoms with Crippen molar-refractivity contribution in [2.45, 2.75) is 46.1 Å². The molecule has 2 atom stereocenters. The minimum absolute atomic E-state index is 0.606. The highest BCUT2D eigenvalue weighted by atomic mass is 127. The first-order valence-electron chi connectivity index (χ1n) is 6.17. The molecule has 0 heterocycles. The summed E-state index contributed by atoms with van der Waals surface area (Å²) in [4.78, 5) is 0. The van der Waals surface area contributed by atoms with Crippen molar-refractivity contribution in [2.75, 3.05) is 5.32 Å². The Morgan fingerprint density at radius 2 is 1.75 bits per heavy atom. The van der Waals surface area contributed by atoms with Crippen LogP contribution in [0.3, 0.4) is 0 Å². The van der Waals surface area contributed by atoms with Gasteiger partial charge in [0.15, 0.2) is 0 Å². The van der Waals surface area contributed by atoms with E-state index in [1.807, 2.05) is 0 Å². The molecule has 0 amide bonds. The minimum Gasteiger partial charge on any atom is -0.382 e. The summed E-state index contributed by atoms with van der Waals surface area (Å²) in [6.07, 6.45) is 3.72. The predicted octanol–water partition coefficient (Wildman–Crippen LogP) is 4.92. The smallest absolute Gasteiger partial charge is 0.0343 e. The molecule has 1 nitrogen and oxygen atoms in total. The van der Waals surface area contributed by atoms with Crippen molar-refractivity contribution in [1.82, 2.24) is 0 Å². The Morgan fingerprint density at radius 3 is 2.25 bits per heavy atom. The van der Waals surface area contributed by atoms with E-state index >= 15 is 0 Å². The summed E-state index contributed by atoms with van der Waals surface area (Å²) in [5, 5.41) is 3.62. The van der Waals surface area contributed by atoms with Crippen LogP contribution in [0.25, 0.3) is 0 Å². The van der Waals surface area contributed by atoms with Crippen LogP contribution in [0, 0.1) is 9.49 Å². The van der Waals surface area contributed by atoms with Crippen LogP contribution in [0.2, 0.25) is 0 Å². The lowest BCUT2D eigenvalue weighted by atomic mass is 9.97. The van der Waals surface area contributed by atoms with Crippen LogP contribution in [0.5, 0.6) is 0 Å². The van der Waals surface area contributed by atoms with Crippen molar-refractivity contribution in [2.24, 2.45) is 5.92 Å². The molecule has 0 fully saturated rings. The number of rotatable bonds is 6. The molecule has 0 saturated heterocycles. The predicted molar refractivity (Wildman–Crippen MR) is 80.9 cm³/mol. The normalized spacial score (nSPS) is 14.5. The van der Waals surface area contributed by atoms with E-state index in [4.69, 9.17) is 0 Å². The third kappa shape index (κ3) is 4.73. The van der Waals surface area contributed by atoms with Crippen LogP contribution < -0.4 is 5.32 Å². The molecule has 1 aromatic carbocycles. The largest absolute Gasteiger partial charge is 0.382 e. The molecule has 0 aliphatic rings. The maximum absolute atomic E-state index is 3.62. The van der Waals surface area contributed by atoms with Gasteiger partial charge >= 0.3 is 0 Å². The zero-order valence-electron chi connectivity index (χ0n) is 10.5. The van der Waals surface area contributed by atoms with E-state index in [1.165, 1.54) is 28.5 Å². The van der Waals surface area contributed by atoms with Crippen molar-refractivity contribution in [1.29, 1.82) is 0 Å². The fourth-order valence-corrected chi connectivity index (χ4v) is 2.12. The topological polar surface area (TPSA) is 12.0 Å². The Hall–Kier alpha value is -0.250. The second kappa shape index (κ2) is 7.15. The van der Waals surface area contributed by atoms with Gasteiger partial charge in [-0.2, -0.15) is 0 Å². The molecule has 1 aromatic rings.